The van der Waals surface area contributed by atoms with E-state index in [1.54, 1.807) is 0 Å². The number of rotatable bonds is 10. The molecule has 0 atom stereocenters. The molecular weight excluding hydrogens is 541 g/mol. The van der Waals surface area contributed by atoms with Gasteiger partial charge in [-0.05, 0) is 12.1 Å². The summed E-state index contributed by atoms with van der Waals surface area (Å²) in [4.78, 5) is 9.18. The van der Waals surface area contributed by atoms with Crippen LogP contribution in [0.15, 0.2) is 24.3 Å². The Hall–Kier alpha value is 0.555. The third-order valence-corrected chi connectivity index (χ3v) is 147. The Morgan fingerprint density at radius 1 is 0.353 bits per heavy atom. The lowest BCUT2D eigenvalue weighted by atomic mass is 10.3. The van der Waals surface area contributed by atoms with Crippen molar-refractivity contribution in [3.63, 3.8) is 0 Å². The molecule has 1 rings (SSSR count). The lowest BCUT2D eigenvalue weighted by Gasteiger charge is -2.59. The highest BCUT2D eigenvalue weighted by Crippen LogP contribution is 2.42. The molecule has 0 spiro atoms. The Bertz CT molecular complexity index is 701. The Labute approximate surface area is 221 Å². The van der Waals surface area contributed by atoms with E-state index in [4.69, 9.17) is 0 Å². The quantitative estimate of drug-likeness (QED) is 0.262. The fourth-order valence-electron chi connectivity index (χ4n) is 8.98. The lowest BCUT2D eigenvalue weighted by Crippen LogP contribution is -2.87. The lowest BCUT2D eigenvalue weighted by molar-refractivity contribution is 1.58. The van der Waals surface area contributed by atoms with Gasteiger partial charge in [0.25, 0.3) is 0 Å². The van der Waals surface area contributed by atoms with Gasteiger partial charge in [-0.15, -0.1) is 0 Å². The van der Waals surface area contributed by atoms with Crippen LogP contribution in [0.5, 0.6) is 0 Å². The molecule has 2 N–H and O–H groups in total. The van der Waals surface area contributed by atoms with Crippen LogP contribution < -0.4 is 9.96 Å². The summed E-state index contributed by atoms with van der Waals surface area (Å²) in [6.07, 6.45) is 0. The molecule has 0 heterocycles. The van der Waals surface area contributed by atoms with Gasteiger partial charge in [-0.2, -0.15) is 0 Å². The zero-order valence-electron chi connectivity index (χ0n) is 26.3. The minimum atomic E-state index is -1.71. The minimum Gasteiger partial charge on any atom is -0.415 e. The van der Waals surface area contributed by atoms with Crippen molar-refractivity contribution in [3.8, 4) is 0 Å². The second-order valence-corrected chi connectivity index (χ2v) is 96.8. The van der Waals surface area contributed by atoms with Gasteiger partial charge < -0.3 is 9.96 Å². The summed E-state index contributed by atoms with van der Waals surface area (Å²) in [5.41, 5.74) is 2.90. The van der Waals surface area contributed by atoms with Crippen molar-refractivity contribution in [2.24, 2.45) is 0 Å². The van der Waals surface area contributed by atoms with Gasteiger partial charge in [0.1, 0.15) is 13.6 Å². The van der Waals surface area contributed by atoms with Crippen molar-refractivity contribution >= 4 is 70.5 Å². The normalized spacial score (nSPS) is 15.4. The summed E-state index contributed by atoms with van der Waals surface area (Å²) in [5.74, 6) is 0. The first kappa shape index (κ1) is 32.6. The van der Waals surface area contributed by atoms with E-state index < -0.39 is 59.1 Å². The van der Waals surface area contributed by atoms with Crippen LogP contribution in [0.2, 0.25) is 118 Å². The Morgan fingerprint density at radius 2 is 0.529 bits per heavy atom. The summed E-state index contributed by atoms with van der Waals surface area (Å²) in [6.45, 7) is 44.9. The monoisotopic (exact) mass is 600 g/mol. The molecule has 0 saturated carbocycles. The Morgan fingerprint density at radius 3 is 0.676 bits per heavy atom. The van der Waals surface area contributed by atoms with Crippen LogP contribution in [-0.2, 0) is 0 Å². The van der Waals surface area contributed by atoms with Crippen molar-refractivity contribution in [2.45, 2.75) is 118 Å². The highest BCUT2D eigenvalue weighted by atomic mass is 29.9. The molecule has 0 aliphatic carbocycles. The number of hydrogen-bond acceptors (Lipinski definition) is 2. The third kappa shape index (κ3) is 5.68. The van der Waals surface area contributed by atoms with E-state index in [0.717, 1.165) is 0 Å². The van der Waals surface area contributed by atoms with Crippen molar-refractivity contribution in [1.82, 2.24) is 0 Å². The van der Waals surface area contributed by atoms with Crippen LogP contribution in [0.3, 0.4) is 0 Å². The average molecular weight is 601 g/mol. The van der Waals surface area contributed by atoms with Crippen LogP contribution in [0.25, 0.3) is 0 Å². The van der Waals surface area contributed by atoms with Crippen LogP contribution >= 0.6 is 0 Å². The smallest absolute Gasteiger partial charge is 0.122 e. The van der Waals surface area contributed by atoms with Gasteiger partial charge in [0.15, 0.2) is 0 Å². The molecule has 0 unspecified atom stereocenters. The van der Waals surface area contributed by atoms with Crippen LogP contribution in [0.1, 0.15) is 0 Å². The van der Waals surface area contributed by atoms with Crippen molar-refractivity contribution in [1.29, 1.82) is 0 Å². The van der Waals surface area contributed by atoms with Crippen LogP contribution in [0, 0.1) is 0 Å². The summed E-state index contributed by atoms with van der Waals surface area (Å²) >= 11 is 0. The van der Waals surface area contributed by atoms with E-state index in [1.165, 1.54) is 11.4 Å². The van der Waals surface area contributed by atoms with Crippen LogP contribution in [-0.4, -0.2) is 59.1 Å². The summed E-state index contributed by atoms with van der Waals surface area (Å²) < 4.78 is 0. The molecule has 0 bridgehead atoms. The topological polar surface area (TPSA) is 24.1 Å². The molecule has 1 aromatic carbocycles. The van der Waals surface area contributed by atoms with Crippen molar-refractivity contribution in [2.75, 3.05) is 9.96 Å². The zero-order chi connectivity index (χ0) is 27.4. The number of hydrogen-bond donors (Lipinski definition) is 2. The van der Waals surface area contributed by atoms with Gasteiger partial charge >= 0.3 is 0 Å². The van der Waals surface area contributed by atoms with E-state index in [0.29, 0.717) is 0 Å². The number of anilines is 2. The Balaban J connectivity index is 3.95. The minimum absolute atomic E-state index is 1.42. The van der Waals surface area contributed by atoms with E-state index in [9.17, 15) is 0 Å². The molecule has 0 aromatic heterocycles. The van der Waals surface area contributed by atoms with E-state index >= 15 is 0 Å². The maximum absolute atomic E-state index is 4.59. The van der Waals surface area contributed by atoms with Crippen LogP contribution in [0.4, 0.5) is 11.4 Å². The molecule has 198 valence electrons. The molecule has 0 radical (unpaired) electrons. The molecule has 0 saturated heterocycles. The van der Waals surface area contributed by atoms with Gasteiger partial charge in [0.2, 0.25) is 0 Å². The SMILES string of the molecule is C[Si](C)(C)[Si](Nc1ccccc1N[Si]([Si](C)(C)C)([Si](C)(C)C)[Si](C)(C)C)([Si](C)(C)C)[Si](C)(C)C. The maximum atomic E-state index is 4.59. The fourth-order valence-corrected chi connectivity index (χ4v) is 197. The van der Waals surface area contributed by atoms with Gasteiger partial charge in [0.05, 0.1) is 45.5 Å². The van der Waals surface area contributed by atoms with E-state index in [-0.39, 0.29) is 0 Å². The highest BCUT2D eigenvalue weighted by Gasteiger charge is 2.64. The second-order valence-electron chi connectivity index (χ2n) is 16.8. The Kier molecular flexibility index (Phi) is 9.29. The molecule has 1 aromatic rings. The predicted octanol–water partition coefficient (Wildman–Crippen LogP) is 8.90. The molecule has 10 heteroatoms. The van der Waals surface area contributed by atoms with Crippen molar-refractivity contribution in [3.05, 3.63) is 24.3 Å². The number of benzene rings is 1. The largest absolute Gasteiger partial charge is 0.415 e. The predicted molar refractivity (Wildman–Crippen MR) is 185 cm³/mol. The molecule has 0 fully saturated rings. The van der Waals surface area contributed by atoms with Gasteiger partial charge in [-0.25, -0.2) is 0 Å². The highest BCUT2D eigenvalue weighted by molar-refractivity contribution is 7.91. The first-order chi connectivity index (χ1) is 14.7. The summed E-state index contributed by atoms with van der Waals surface area (Å²) in [6, 6.07) is 9.43. The fraction of sp³-hybridized carbons (Fsp3) is 0.750. The first-order valence-electron chi connectivity index (χ1n) is 13.3. The molecule has 2 nitrogen and oxygen atoms in total. The number of nitrogens with one attached hydrogen (secondary N) is 2. The van der Waals surface area contributed by atoms with Gasteiger partial charge in [0, 0.05) is 11.4 Å². The molecular formula is C24H60N2Si8. The summed E-state index contributed by atoms with van der Waals surface area (Å²) in [5, 5.41) is 0. The molecule has 0 amide bonds. The molecule has 0 aliphatic rings. The van der Waals surface area contributed by atoms with Gasteiger partial charge in [-0.1, -0.05) is 130 Å². The van der Waals surface area contributed by atoms with Gasteiger partial charge in [-0.3, -0.25) is 0 Å². The van der Waals surface area contributed by atoms with E-state index in [2.05, 4.69) is 152 Å². The molecule has 34 heavy (non-hydrogen) atoms. The standard InChI is InChI=1S/C24H60N2Si8/c1-27(2,3)33(28(4,5)6,29(7,8)9)25-23-21-19-20-22-24(23)26-34(30(10,11)12,31(13,14)15)32(16,17)18/h19-22,25-26H,1-18H3. The number of para-hydroxylation sites is 2. The second kappa shape index (κ2) is 9.70. The molecule has 0 aliphatic heterocycles. The summed E-state index contributed by atoms with van der Waals surface area (Å²) in [7, 11) is -8.53. The first-order valence-corrected chi connectivity index (χ1v) is 44.3. The average Bonchev–Trinajstić information content (AvgIpc) is 2.51. The van der Waals surface area contributed by atoms with E-state index in [1.807, 2.05) is 0 Å². The maximum Gasteiger partial charge on any atom is 0.122 e. The van der Waals surface area contributed by atoms with Crippen molar-refractivity contribution < 1.29 is 0 Å². The zero-order valence-corrected chi connectivity index (χ0v) is 34.3. The third-order valence-electron chi connectivity index (χ3n) is 8.32.